The molecule has 0 bridgehead atoms. The number of carbonyl (C=O) groups is 2. The summed E-state index contributed by atoms with van der Waals surface area (Å²) in [4.78, 5) is 23.7. The summed E-state index contributed by atoms with van der Waals surface area (Å²) in [5.74, 6) is -0.0636. The van der Waals surface area contributed by atoms with Crippen LogP contribution in [0, 0.1) is 5.92 Å². The van der Waals surface area contributed by atoms with Gasteiger partial charge in [0.25, 0.3) is 0 Å². The van der Waals surface area contributed by atoms with Gasteiger partial charge in [0.15, 0.2) is 0 Å². The highest BCUT2D eigenvalue weighted by Crippen LogP contribution is 2.17. The molecule has 0 aliphatic carbocycles. The van der Waals surface area contributed by atoms with E-state index in [2.05, 4.69) is 13.8 Å². The molecule has 0 aliphatic heterocycles. The molecule has 1 atom stereocenters. The summed E-state index contributed by atoms with van der Waals surface area (Å²) < 4.78 is 0. The Bertz CT molecular complexity index is 258. The van der Waals surface area contributed by atoms with Crippen molar-refractivity contribution in [3.63, 3.8) is 0 Å². The third-order valence-corrected chi connectivity index (χ3v) is 4.00. The van der Waals surface area contributed by atoms with Crippen molar-refractivity contribution in [2.45, 2.75) is 97.8 Å². The molecule has 0 N–H and O–H groups in total. The fourth-order valence-corrected chi connectivity index (χ4v) is 2.62. The number of hydrogen-bond donors (Lipinski definition) is 0. The van der Waals surface area contributed by atoms with Gasteiger partial charge in [0.1, 0.15) is 11.6 Å². The molecule has 0 heterocycles. The molecule has 0 aromatic heterocycles. The Morgan fingerprint density at radius 3 is 1.75 bits per heavy atom. The summed E-state index contributed by atoms with van der Waals surface area (Å²) in [5.41, 5.74) is 0. The van der Waals surface area contributed by atoms with Gasteiger partial charge >= 0.3 is 0 Å². The van der Waals surface area contributed by atoms with Crippen molar-refractivity contribution >= 4 is 11.6 Å². The minimum absolute atomic E-state index is 0.0686. The fraction of sp³-hybridized carbons (Fsp3) is 0.889. The van der Waals surface area contributed by atoms with Gasteiger partial charge in [0.05, 0.1) is 5.92 Å². The zero-order chi connectivity index (χ0) is 15.2. The quantitative estimate of drug-likeness (QED) is 0.312. The number of Topliss-reactive ketones (excluding diaryl/α,β-unsaturated/α-hetero) is 2. The van der Waals surface area contributed by atoms with Gasteiger partial charge < -0.3 is 0 Å². The van der Waals surface area contributed by atoms with Gasteiger partial charge in [-0.15, -0.1) is 0 Å². The third-order valence-electron chi connectivity index (χ3n) is 4.00. The Hall–Kier alpha value is -0.660. The lowest BCUT2D eigenvalue weighted by molar-refractivity contribution is -0.132. The van der Waals surface area contributed by atoms with Crippen molar-refractivity contribution in [2.75, 3.05) is 0 Å². The van der Waals surface area contributed by atoms with Gasteiger partial charge in [-0.1, -0.05) is 71.6 Å². The van der Waals surface area contributed by atoms with Crippen LogP contribution < -0.4 is 0 Å². The monoisotopic (exact) mass is 282 g/mol. The van der Waals surface area contributed by atoms with Gasteiger partial charge in [0.2, 0.25) is 0 Å². The largest absolute Gasteiger partial charge is 0.299 e. The molecule has 118 valence electrons. The minimum Gasteiger partial charge on any atom is -0.299 e. The first-order chi connectivity index (χ1) is 9.63. The average molecular weight is 282 g/mol. The summed E-state index contributed by atoms with van der Waals surface area (Å²) in [5, 5.41) is 0. The molecular weight excluding hydrogens is 248 g/mol. The second kappa shape index (κ2) is 13.3. The van der Waals surface area contributed by atoms with Crippen molar-refractivity contribution in [3.05, 3.63) is 0 Å². The van der Waals surface area contributed by atoms with E-state index in [1.807, 2.05) is 0 Å². The maximum absolute atomic E-state index is 12.1. The predicted octanol–water partition coefficient (Wildman–Crippen LogP) is 5.48. The van der Waals surface area contributed by atoms with Gasteiger partial charge in [0, 0.05) is 6.42 Å². The highest BCUT2D eigenvalue weighted by atomic mass is 16.1. The summed E-state index contributed by atoms with van der Waals surface area (Å²) in [6.07, 6.45) is 13.0. The van der Waals surface area contributed by atoms with E-state index in [0.717, 1.165) is 32.1 Å². The lowest BCUT2D eigenvalue weighted by atomic mass is 9.90. The van der Waals surface area contributed by atoms with Crippen LogP contribution >= 0.6 is 0 Å². The van der Waals surface area contributed by atoms with Crippen LogP contribution in [0.2, 0.25) is 0 Å². The van der Waals surface area contributed by atoms with E-state index in [0.29, 0.717) is 6.42 Å². The second-order valence-electron chi connectivity index (χ2n) is 6.00. The van der Waals surface area contributed by atoms with E-state index >= 15 is 0 Å². The Morgan fingerprint density at radius 2 is 1.25 bits per heavy atom. The summed E-state index contributed by atoms with van der Waals surface area (Å²) in [6.45, 7) is 5.96. The Kier molecular flexibility index (Phi) is 12.9. The molecule has 0 radical (unpaired) electrons. The molecule has 0 aromatic carbocycles. The van der Waals surface area contributed by atoms with Crippen LogP contribution in [-0.4, -0.2) is 11.6 Å². The highest BCUT2D eigenvalue weighted by molar-refractivity contribution is 6.01. The van der Waals surface area contributed by atoms with Gasteiger partial charge in [-0.3, -0.25) is 9.59 Å². The number of carbonyl (C=O) groups excluding carboxylic acids is 2. The van der Waals surface area contributed by atoms with Gasteiger partial charge in [-0.25, -0.2) is 0 Å². The fourth-order valence-electron chi connectivity index (χ4n) is 2.62. The van der Waals surface area contributed by atoms with Crippen LogP contribution in [0.3, 0.4) is 0 Å². The molecule has 0 aliphatic rings. The minimum atomic E-state index is -0.317. The molecule has 2 nitrogen and oxygen atoms in total. The standard InChI is InChI=1S/C18H34O2/c1-4-6-8-10-12-14-17(16(3)19)18(20)15-13-11-9-7-5-2/h17H,4-15H2,1-3H3. The Balaban J connectivity index is 3.86. The molecule has 0 saturated heterocycles. The van der Waals surface area contributed by atoms with E-state index in [-0.39, 0.29) is 17.5 Å². The van der Waals surface area contributed by atoms with Crippen molar-refractivity contribution in [1.29, 1.82) is 0 Å². The number of rotatable bonds is 14. The second-order valence-corrected chi connectivity index (χ2v) is 6.00. The van der Waals surface area contributed by atoms with E-state index in [9.17, 15) is 9.59 Å². The average Bonchev–Trinajstić information content (AvgIpc) is 2.42. The zero-order valence-corrected chi connectivity index (χ0v) is 13.9. The third kappa shape index (κ3) is 10.2. The van der Waals surface area contributed by atoms with Crippen LogP contribution in [0.4, 0.5) is 0 Å². The van der Waals surface area contributed by atoms with Crippen molar-refractivity contribution in [1.82, 2.24) is 0 Å². The van der Waals surface area contributed by atoms with Crippen LogP contribution in [0.5, 0.6) is 0 Å². The molecule has 20 heavy (non-hydrogen) atoms. The first kappa shape index (κ1) is 19.3. The van der Waals surface area contributed by atoms with E-state index < -0.39 is 0 Å². The van der Waals surface area contributed by atoms with Crippen LogP contribution in [-0.2, 0) is 9.59 Å². The van der Waals surface area contributed by atoms with Crippen molar-refractivity contribution in [2.24, 2.45) is 5.92 Å². The van der Waals surface area contributed by atoms with Crippen molar-refractivity contribution < 1.29 is 9.59 Å². The molecular formula is C18H34O2. The zero-order valence-electron chi connectivity index (χ0n) is 13.9. The van der Waals surface area contributed by atoms with Crippen molar-refractivity contribution in [3.8, 4) is 0 Å². The maximum atomic E-state index is 12.1. The molecule has 0 amide bonds. The summed E-state index contributed by atoms with van der Waals surface area (Å²) >= 11 is 0. The summed E-state index contributed by atoms with van der Waals surface area (Å²) in [6, 6.07) is 0. The molecule has 0 spiro atoms. The number of ketones is 2. The SMILES string of the molecule is CCCCCCCC(=O)C(CCCCCCC)C(C)=O. The smallest absolute Gasteiger partial charge is 0.143 e. The van der Waals surface area contributed by atoms with Crippen LogP contribution in [0.25, 0.3) is 0 Å². The van der Waals surface area contributed by atoms with E-state index in [4.69, 9.17) is 0 Å². The van der Waals surface area contributed by atoms with E-state index in [1.165, 1.54) is 38.5 Å². The predicted molar refractivity (Wildman–Crippen MR) is 85.9 cm³/mol. The van der Waals surface area contributed by atoms with E-state index in [1.54, 1.807) is 6.92 Å². The summed E-state index contributed by atoms with van der Waals surface area (Å²) in [7, 11) is 0. The first-order valence-corrected chi connectivity index (χ1v) is 8.66. The van der Waals surface area contributed by atoms with Crippen LogP contribution in [0.15, 0.2) is 0 Å². The lowest BCUT2D eigenvalue weighted by Crippen LogP contribution is -2.21. The molecule has 0 fully saturated rings. The van der Waals surface area contributed by atoms with Gasteiger partial charge in [-0.05, 0) is 19.8 Å². The molecule has 0 saturated carbocycles. The molecule has 0 aromatic rings. The highest BCUT2D eigenvalue weighted by Gasteiger charge is 2.21. The normalized spacial score (nSPS) is 12.3. The lowest BCUT2D eigenvalue weighted by Gasteiger charge is -2.12. The molecule has 1 unspecified atom stereocenters. The number of unbranched alkanes of at least 4 members (excludes halogenated alkanes) is 8. The molecule has 0 rings (SSSR count). The number of hydrogen-bond acceptors (Lipinski definition) is 2. The van der Waals surface area contributed by atoms with Crippen LogP contribution in [0.1, 0.15) is 97.8 Å². The van der Waals surface area contributed by atoms with Gasteiger partial charge in [-0.2, -0.15) is 0 Å². The molecule has 2 heteroatoms. The first-order valence-electron chi connectivity index (χ1n) is 8.66. The topological polar surface area (TPSA) is 34.1 Å². The Morgan fingerprint density at radius 1 is 0.750 bits per heavy atom. The Labute approximate surface area is 125 Å². The maximum Gasteiger partial charge on any atom is 0.143 e.